The van der Waals surface area contributed by atoms with E-state index in [0.717, 1.165) is 55.6 Å². The highest BCUT2D eigenvalue weighted by atomic mass is 16.5. The third-order valence-electron chi connectivity index (χ3n) is 3.49. The average molecular weight is 248 g/mol. The molecule has 0 saturated carbocycles. The Balaban J connectivity index is 2.14. The van der Waals surface area contributed by atoms with Crippen molar-refractivity contribution >= 4 is 5.97 Å². The van der Waals surface area contributed by atoms with Crippen LogP contribution in [-0.4, -0.2) is 17.7 Å². The molecule has 3 nitrogen and oxygen atoms in total. The largest absolute Gasteiger partial charge is 0.494 e. The lowest BCUT2D eigenvalue weighted by molar-refractivity contribution is -0.139. The fourth-order valence-electron chi connectivity index (χ4n) is 2.47. The van der Waals surface area contributed by atoms with Crippen LogP contribution in [0, 0.1) is 0 Å². The molecule has 0 fully saturated rings. The van der Waals surface area contributed by atoms with E-state index in [1.54, 1.807) is 0 Å². The Morgan fingerprint density at radius 1 is 1.50 bits per heavy atom. The van der Waals surface area contributed by atoms with Crippen LogP contribution in [0.15, 0.2) is 18.2 Å². The van der Waals surface area contributed by atoms with Crippen LogP contribution >= 0.6 is 0 Å². The molecule has 0 radical (unpaired) electrons. The Bertz CT molecular complexity index is 426. The van der Waals surface area contributed by atoms with E-state index in [-0.39, 0.29) is 5.92 Å². The van der Waals surface area contributed by atoms with Crippen molar-refractivity contribution in [3.63, 3.8) is 0 Å². The molecule has 2 rings (SSSR count). The van der Waals surface area contributed by atoms with Gasteiger partial charge in [-0.15, -0.1) is 0 Å². The van der Waals surface area contributed by atoms with Crippen molar-refractivity contribution in [3.8, 4) is 5.75 Å². The highest BCUT2D eigenvalue weighted by Crippen LogP contribution is 2.33. The smallest absolute Gasteiger partial charge is 0.310 e. The van der Waals surface area contributed by atoms with Crippen molar-refractivity contribution in [3.05, 3.63) is 29.3 Å². The Morgan fingerprint density at radius 2 is 2.33 bits per heavy atom. The van der Waals surface area contributed by atoms with Crippen LogP contribution in [0.2, 0.25) is 0 Å². The van der Waals surface area contributed by atoms with Crippen LogP contribution in [0.1, 0.15) is 49.7 Å². The van der Waals surface area contributed by atoms with Crippen LogP contribution in [0.3, 0.4) is 0 Å². The summed E-state index contributed by atoms with van der Waals surface area (Å²) >= 11 is 0. The van der Waals surface area contributed by atoms with Gasteiger partial charge in [-0.25, -0.2) is 0 Å². The summed E-state index contributed by atoms with van der Waals surface area (Å²) in [6, 6.07) is 5.84. The predicted octanol–water partition coefficient (Wildman–Crippen LogP) is 3.37. The first-order valence-corrected chi connectivity index (χ1v) is 6.70. The maximum Gasteiger partial charge on any atom is 0.310 e. The number of carboxylic acids is 1. The highest BCUT2D eigenvalue weighted by Gasteiger charge is 2.26. The maximum atomic E-state index is 11.2. The zero-order valence-corrected chi connectivity index (χ0v) is 10.8. The number of aryl methyl sites for hydroxylation is 1. The number of carbonyl (C=O) groups is 1. The minimum Gasteiger partial charge on any atom is -0.494 e. The third kappa shape index (κ3) is 2.84. The van der Waals surface area contributed by atoms with Gasteiger partial charge in [-0.3, -0.25) is 4.79 Å². The average Bonchev–Trinajstić information content (AvgIpc) is 2.38. The van der Waals surface area contributed by atoms with Gasteiger partial charge in [0.25, 0.3) is 0 Å². The van der Waals surface area contributed by atoms with Gasteiger partial charge in [-0.2, -0.15) is 0 Å². The van der Waals surface area contributed by atoms with E-state index < -0.39 is 5.97 Å². The molecule has 3 heteroatoms. The Hall–Kier alpha value is -1.51. The molecule has 0 aliphatic heterocycles. The number of unbranched alkanes of at least 4 members (excludes halogenated alkanes) is 1. The second kappa shape index (κ2) is 5.89. The molecule has 1 atom stereocenters. The van der Waals surface area contributed by atoms with E-state index in [4.69, 9.17) is 4.74 Å². The Kier molecular flexibility index (Phi) is 4.24. The molecule has 0 saturated heterocycles. The second-order valence-electron chi connectivity index (χ2n) is 4.85. The molecular weight excluding hydrogens is 228 g/mol. The fraction of sp³-hybridized carbons (Fsp3) is 0.533. The normalized spacial score (nSPS) is 18.2. The molecule has 1 aromatic carbocycles. The number of hydrogen-bond acceptors (Lipinski definition) is 2. The summed E-state index contributed by atoms with van der Waals surface area (Å²) in [5, 5.41) is 9.20. The number of carboxylic acid groups (broad SMARTS) is 1. The van der Waals surface area contributed by atoms with E-state index in [1.807, 2.05) is 18.2 Å². The van der Waals surface area contributed by atoms with Crippen molar-refractivity contribution in [2.75, 3.05) is 6.61 Å². The third-order valence-corrected chi connectivity index (χ3v) is 3.49. The van der Waals surface area contributed by atoms with Crippen molar-refractivity contribution in [2.24, 2.45) is 0 Å². The summed E-state index contributed by atoms with van der Waals surface area (Å²) < 4.78 is 5.66. The van der Waals surface area contributed by atoms with E-state index in [1.165, 1.54) is 0 Å². The highest BCUT2D eigenvalue weighted by molar-refractivity contribution is 5.77. The van der Waals surface area contributed by atoms with Gasteiger partial charge in [0.1, 0.15) is 5.75 Å². The van der Waals surface area contributed by atoms with E-state index in [9.17, 15) is 9.90 Å². The molecule has 1 aliphatic rings. The van der Waals surface area contributed by atoms with Crippen LogP contribution in [0.4, 0.5) is 0 Å². The summed E-state index contributed by atoms with van der Waals surface area (Å²) in [7, 11) is 0. The summed E-state index contributed by atoms with van der Waals surface area (Å²) in [6.45, 7) is 2.87. The van der Waals surface area contributed by atoms with E-state index >= 15 is 0 Å². The monoisotopic (exact) mass is 248 g/mol. The van der Waals surface area contributed by atoms with Crippen LogP contribution < -0.4 is 4.74 Å². The number of ether oxygens (including phenoxy) is 1. The van der Waals surface area contributed by atoms with Crippen LogP contribution in [0.25, 0.3) is 0 Å². The summed E-state index contributed by atoms with van der Waals surface area (Å²) in [4.78, 5) is 11.2. The van der Waals surface area contributed by atoms with Gasteiger partial charge in [0.05, 0.1) is 12.5 Å². The lowest BCUT2D eigenvalue weighted by Gasteiger charge is -2.22. The fourth-order valence-corrected chi connectivity index (χ4v) is 2.47. The standard InChI is InChI=1S/C15H20O3/c1-2-3-9-18-12-7-8-13-11(10-12)5-4-6-14(13)15(16)17/h7-8,10,14H,2-6,9H2,1H3,(H,16,17). The van der Waals surface area contributed by atoms with Gasteiger partial charge in [-0.05, 0) is 48.9 Å². The van der Waals surface area contributed by atoms with Gasteiger partial charge in [-0.1, -0.05) is 19.4 Å². The molecule has 0 amide bonds. The van der Waals surface area contributed by atoms with Crippen molar-refractivity contribution < 1.29 is 14.6 Å². The zero-order chi connectivity index (χ0) is 13.0. The quantitative estimate of drug-likeness (QED) is 0.813. The molecular formula is C15H20O3. The van der Waals surface area contributed by atoms with Crippen molar-refractivity contribution in [1.29, 1.82) is 0 Å². The van der Waals surface area contributed by atoms with E-state index in [0.29, 0.717) is 0 Å². The van der Waals surface area contributed by atoms with Gasteiger partial charge < -0.3 is 9.84 Å². The predicted molar refractivity (Wildman–Crippen MR) is 70.2 cm³/mol. The SMILES string of the molecule is CCCCOc1ccc2c(c1)CCCC2C(=O)O. The number of rotatable bonds is 5. The summed E-state index contributed by atoms with van der Waals surface area (Å²) in [5.74, 6) is -0.178. The molecule has 0 bridgehead atoms. The van der Waals surface area contributed by atoms with Crippen LogP contribution in [-0.2, 0) is 11.2 Å². The molecule has 0 aromatic heterocycles. The molecule has 18 heavy (non-hydrogen) atoms. The first-order valence-electron chi connectivity index (χ1n) is 6.70. The van der Waals surface area contributed by atoms with Gasteiger partial charge >= 0.3 is 5.97 Å². The molecule has 1 aromatic rings. The number of benzene rings is 1. The second-order valence-corrected chi connectivity index (χ2v) is 4.85. The number of fused-ring (bicyclic) bond motifs is 1. The zero-order valence-electron chi connectivity index (χ0n) is 10.8. The molecule has 0 spiro atoms. The minimum atomic E-state index is -0.712. The van der Waals surface area contributed by atoms with Crippen LogP contribution in [0.5, 0.6) is 5.75 Å². The molecule has 0 heterocycles. The first kappa shape index (κ1) is 12.9. The lowest BCUT2D eigenvalue weighted by atomic mass is 9.83. The van der Waals surface area contributed by atoms with E-state index in [2.05, 4.69) is 6.92 Å². The van der Waals surface area contributed by atoms with Crippen molar-refractivity contribution in [1.82, 2.24) is 0 Å². The topological polar surface area (TPSA) is 46.5 Å². The molecule has 1 unspecified atom stereocenters. The lowest BCUT2D eigenvalue weighted by Crippen LogP contribution is -2.18. The van der Waals surface area contributed by atoms with Gasteiger partial charge in [0.15, 0.2) is 0 Å². The van der Waals surface area contributed by atoms with Gasteiger partial charge in [0.2, 0.25) is 0 Å². The first-order chi connectivity index (χ1) is 8.72. The number of aliphatic carboxylic acids is 1. The molecule has 1 N–H and O–H groups in total. The minimum absolute atomic E-state index is 0.335. The summed E-state index contributed by atoms with van der Waals surface area (Å²) in [6.07, 6.45) is 4.83. The molecule has 1 aliphatic carbocycles. The maximum absolute atomic E-state index is 11.2. The van der Waals surface area contributed by atoms with Crippen molar-refractivity contribution in [2.45, 2.75) is 44.9 Å². The Labute approximate surface area is 108 Å². The summed E-state index contributed by atoms with van der Waals surface area (Å²) in [5.41, 5.74) is 2.11. The van der Waals surface area contributed by atoms with Gasteiger partial charge in [0, 0.05) is 0 Å². The Morgan fingerprint density at radius 3 is 3.06 bits per heavy atom. The molecule has 98 valence electrons. The number of hydrogen-bond donors (Lipinski definition) is 1.